The Morgan fingerprint density at radius 1 is 1.12 bits per heavy atom. The largest absolute Gasteiger partial charge is 0.351 e. The van der Waals surface area contributed by atoms with Gasteiger partial charge < -0.3 is 5.32 Å². The number of carbonyl (C=O) groups is 1. The van der Waals surface area contributed by atoms with Gasteiger partial charge in [-0.15, -0.1) is 0 Å². The summed E-state index contributed by atoms with van der Waals surface area (Å²) >= 11 is 0. The number of sulfonamides is 1. The van der Waals surface area contributed by atoms with E-state index in [4.69, 9.17) is 5.14 Å². The van der Waals surface area contributed by atoms with Crippen LogP contribution in [0, 0.1) is 0 Å². The number of nitrogens with one attached hydrogen (secondary N) is 1. The first kappa shape index (κ1) is 18.6. The smallest absolute Gasteiger partial charge is 0.238 e. The molecule has 0 saturated carbocycles. The second-order valence-electron chi connectivity index (χ2n) is 6.52. The van der Waals surface area contributed by atoms with Crippen LogP contribution < -0.4 is 10.5 Å². The van der Waals surface area contributed by atoms with Crippen molar-refractivity contribution in [2.45, 2.75) is 36.9 Å². The van der Waals surface area contributed by atoms with Gasteiger partial charge in [0, 0.05) is 13.1 Å². The number of benzene rings is 2. The van der Waals surface area contributed by atoms with Crippen LogP contribution in [0.4, 0.5) is 0 Å². The summed E-state index contributed by atoms with van der Waals surface area (Å²) in [5, 5.41) is 8.07. The first-order valence-corrected chi connectivity index (χ1v) is 10.2. The zero-order chi connectivity index (χ0) is 18.6. The number of hydrogen-bond acceptors (Lipinski definition) is 4. The Kier molecular flexibility index (Phi) is 5.70. The molecule has 2 aromatic rings. The van der Waals surface area contributed by atoms with Gasteiger partial charge in [0.15, 0.2) is 0 Å². The lowest BCUT2D eigenvalue weighted by atomic mass is 10.1. The number of rotatable bonds is 6. The zero-order valence-electron chi connectivity index (χ0n) is 14.5. The van der Waals surface area contributed by atoms with Crippen molar-refractivity contribution in [3.63, 3.8) is 0 Å². The van der Waals surface area contributed by atoms with Crippen LogP contribution in [0.5, 0.6) is 0 Å². The van der Waals surface area contributed by atoms with Crippen LogP contribution >= 0.6 is 0 Å². The van der Waals surface area contributed by atoms with Crippen LogP contribution in [-0.2, 0) is 27.9 Å². The van der Waals surface area contributed by atoms with E-state index in [1.54, 1.807) is 12.1 Å². The van der Waals surface area contributed by atoms with E-state index in [-0.39, 0.29) is 23.4 Å². The number of hydrogen-bond donors (Lipinski definition) is 2. The molecular weight excluding hydrogens is 350 g/mol. The third kappa shape index (κ3) is 4.69. The summed E-state index contributed by atoms with van der Waals surface area (Å²) in [6.07, 6.45) is 1.82. The number of nitrogens with zero attached hydrogens (tertiary/aromatic N) is 1. The number of likely N-dealkylation sites (tertiary alicyclic amines) is 1. The van der Waals surface area contributed by atoms with E-state index >= 15 is 0 Å². The number of carbonyl (C=O) groups excluding carboxylic acids is 1. The van der Waals surface area contributed by atoms with E-state index in [0.717, 1.165) is 25.9 Å². The van der Waals surface area contributed by atoms with E-state index in [1.807, 2.05) is 18.2 Å². The molecule has 1 saturated heterocycles. The average molecular weight is 373 g/mol. The minimum Gasteiger partial charge on any atom is -0.351 e. The first-order valence-electron chi connectivity index (χ1n) is 8.61. The molecule has 0 spiro atoms. The summed E-state index contributed by atoms with van der Waals surface area (Å²) in [6.45, 7) is 1.92. The van der Waals surface area contributed by atoms with E-state index in [2.05, 4.69) is 22.3 Å². The Morgan fingerprint density at radius 3 is 2.58 bits per heavy atom. The Balaban J connectivity index is 1.61. The Hall–Kier alpha value is -2.22. The molecule has 2 aromatic carbocycles. The molecule has 1 unspecified atom stereocenters. The molecule has 3 rings (SSSR count). The third-order valence-corrected chi connectivity index (χ3v) is 5.50. The lowest BCUT2D eigenvalue weighted by Gasteiger charge is -2.23. The maximum Gasteiger partial charge on any atom is 0.238 e. The third-order valence-electron chi connectivity index (χ3n) is 4.59. The molecule has 1 aliphatic rings. The van der Waals surface area contributed by atoms with Gasteiger partial charge in [0.05, 0.1) is 10.9 Å². The molecule has 0 aliphatic carbocycles. The molecule has 0 radical (unpaired) electrons. The molecule has 26 heavy (non-hydrogen) atoms. The molecule has 138 valence electrons. The monoisotopic (exact) mass is 373 g/mol. The van der Waals surface area contributed by atoms with E-state index < -0.39 is 10.0 Å². The summed E-state index contributed by atoms with van der Waals surface area (Å²) in [5.41, 5.74) is 1.89. The van der Waals surface area contributed by atoms with Crippen molar-refractivity contribution in [3.8, 4) is 0 Å². The summed E-state index contributed by atoms with van der Waals surface area (Å²) < 4.78 is 22.9. The number of primary sulfonamides is 1. The van der Waals surface area contributed by atoms with Crippen LogP contribution in [0.3, 0.4) is 0 Å². The second kappa shape index (κ2) is 7.99. The Morgan fingerprint density at radius 2 is 1.85 bits per heavy atom. The quantitative estimate of drug-likeness (QED) is 0.805. The maximum atomic E-state index is 12.6. The Bertz CT molecular complexity index is 869. The molecule has 7 heteroatoms. The molecule has 1 fully saturated rings. The summed E-state index contributed by atoms with van der Waals surface area (Å²) in [4.78, 5) is 14.8. The van der Waals surface area contributed by atoms with Crippen molar-refractivity contribution in [2.24, 2.45) is 5.14 Å². The van der Waals surface area contributed by atoms with Crippen LogP contribution in [0.1, 0.15) is 24.0 Å². The molecule has 3 N–H and O–H groups in total. The van der Waals surface area contributed by atoms with Gasteiger partial charge in [0.2, 0.25) is 15.9 Å². The highest BCUT2D eigenvalue weighted by Crippen LogP contribution is 2.20. The maximum absolute atomic E-state index is 12.6. The van der Waals surface area contributed by atoms with Crippen molar-refractivity contribution in [2.75, 3.05) is 6.54 Å². The minimum absolute atomic E-state index is 0.0283. The van der Waals surface area contributed by atoms with Crippen molar-refractivity contribution in [3.05, 3.63) is 65.7 Å². The molecular formula is C19H23N3O3S. The standard InChI is InChI=1S/C19H23N3O3S/c20-26(24,25)17-9-4-8-16(12-17)13-21-19(23)18-10-5-11-22(18)14-15-6-2-1-3-7-15/h1-4,6-9,12,18H,5,10-11,13-14H2,(H,21,23)(H2,20,24,25). The lowest BCUT2D eigenvalue weighted by molar-refractivity contribution is -0.125. The highest BCUT2D eigenvalue weighted by molar-refractivity contribution is 7.89. The van der Waals surface area contributed by atoms with Crippen LogP contribution in [0.15, 0.2) is 59.5 Å². The van der Waals surface area contributed by atoms with Gasteiger partial charge in [-0.1, -0.05) is 42.5 Å². The van der Waals surface area contributed by atoms with E-state index in [9.17, 15) is 13.2 Å². The average Bonchev–Trinajstić information content (AvgIpc) is 3.08. The van der Waals surface area contributed by atoms with Gasteiger partial charge in [-0.05, 0) is 42.6 Å². The molecule has 6 nitrogen and oxygen atoms in total. The van der Waals surface area contributed by atoms with Crippen molar-refractivity contribution < 1.29 is 13.2 Å². The molecule has 0 aromatic heterocycles. The zero-order valence-corrected chi connectivity index (χ0v) is 15.3. The first-order chi connectivity index (χ1) is 12.4. The lowest BCUT2D eigenvalue weighted by Crippen LogP contribution is -2.42. The predicted molar refractivity (Wildman–Crippen MR) is 99.5 cm³/mol. The molecule has 1 amide bonds. The van der Waals surface area contributed by atoms with Crippen molar-refractivity contribution >= 4 is 15.9 Å². The summed E-state index contributed by atoms with van der Waals surface area (Å²) in [7, 11) is -3.74. The fourth-order valence-corrected chi connectivity index (χ4v) is 3.85. The second-order valence-corrected chi connectivity index (χ2v) is 8.09. The van der Waals surface area contributed by atoms with Crippen LogP contribution in [0.25, 0.3) is 0 Å². The highest BCUT2D eigenvalue weighted by Gasteiger charge is 2.30. The highest BCUT2D eigenvalue weighted by atomic mass is 32.2. The molecule has 0 bridgehead atoms. The fraction of sp³-hybridized carbons (Fsp3) is 0.316. The predicted octanol–water partition coefficient (Wildman–Crippen LogP) is 1.61. The van der Waals surface area contributed by atoms with Gasteiger partial charge >= 0.3 is 0 Å². The molecule has 1 heterocycles. The summed E-state index contributed by atoms with van der Waals surface area (Å²) in [5.74, 6) is -0.0283. The van der Waals surface area contributed by atoms with E-state index in [0.29, 0.717) is 5.56 Å². The van der Waals surface area contributed by atoms with Gasteiger partial charge in [-0.25, -0.2) is 13.6 Å². The summed E-state index contributed by atoms with van der Waals surface area (Å²) in [6, 6.07) is 16.3. The normalized spacial score (nSPS) is 18.0. The minimum atomic E-state index is -3.74. The van der Waals surface area contributed by atoms with Gasteiger partial charge in [-0.2, -0.15) is 0 Å². The topological polar surface area (TPSA) is 92.5 Å². The number of amides is 1. The SMILES string of the molecule is NS(=O)(=O)c1cccc(CNC(=O)C2CCCN2Cc2ccccc2)c1. The number of nitrogens with two attached hydrogens (primary N) is 1. The Labute approximate surface area is 154 Å². The molecule has 1 atom stereocenters. The van der Waals surface area contributed by atoms with E-state index in [1.165, 1.54) is 17.7 Å². The fourth-order valence-electron chi connectivity index (χ4n) is 3.27. The van der Waals surface area contributed by atoms with Gasteiger partial charge in [0.1, 0.15) is 0 Å². The van der Waals surface area contributed by atoms with Crippen molar-refractivity contribution in [1.29, 1.82) is 0 Å². The van der Waals surface area contributed by atoms with Crippen molar-refractivity contribution in [1.82, 2.24) is 10.2 Å². The van der Waals surface area contributed by atoms with Crippen LogP contribution in [0.2, 0.25) is 0 Å². The van der Waals surface area contributed by atoms with Gasteiger partial charge in [-0.3, -0.25) is 9.69 Å². The van der Waals surface area contributed by atoms with Gasteiger partial charge in [0.25, 0.3) is 0 Å². The van der Waals surface area contributed by atoms with Crippen LogP contribution in [-0.4, -0.2) is 31.8 Å². The molecule has 1 aliphatic heterocycles.